The normalized spacial score (nSPS) is 12.0. The Morgan fingerprint density at radius 3 is 1.64 bits per heavy atom. The van der Waals surface area contributed by atoms with Gasteiger partial charge in [0, 0.05) is 45.5 Å². The molecule has 0 saturated carbocycles. The highest BCUT2D eigenvalue weighted by Gasteiger charge is 2.28. The first kappa shape index (κ1) is 21.8. The lowest BCUT2D eigenvalue weighted by Crippen LogP contribution is -2.23. The van der Waals surface area contributed by atoms with Crippen LogP contribution in [0.3, 0.4) is 0 Å². The highest BCUT2D eigenvalue weighted by atomic mass is 16.5. The number of anilines is 2. The number of unbranched alkanes of at least 4 members (excludes halogenated alkanes) is 1. The Bertz CT molecular complexity index is 685. The van der Waals surface area contributed by atoms with Gasteiger partial charge in [-0.2, -0.15) is 0 Å². The Morgan fingerprint density at radius 2 is 1.29 bits per heavy atom. The van der Waals surface area contributed by atoms with Gasteiger partial charge in [-0.15, -0.1) is 0 Å². The average Bonchev–Trinajstić information content (AvgIpc) is 2.69. The van der Waals surface area contributed by atoms with Crippen LogP contribution in [-0.2, 0) is 9.53 Å². The van der Waals surface area contributed by atoms with Crippen LogP contribution in [0.4, 0.5) is 11.4 Å². The van der Waals surface area contributed by atoms with Gasteiger partial charge >= 0.3 is 5.97 Å². The zero-order chi connectivity index (χ0) is 20.7. The van der Waals surface area contributed by atoms with Crippen LogP contribution in [0.1, 0.15) is 43.7 Å². The number of carbonyl (C=O) groups excluding carboxylic acids is 1. The molecule has 1 atom stereocenters. The first-order chi connectivity index (χ1) is 13.3. The SMILES string of the molecule is CCCCOC(=O)C(C)C(c1ccc(N(C)C)cc1)c1ccc(N(C)C)cc1. The molecule has 0 aliphatic carbocycles. The minimum absolute atomic E-state index is 0.0402. The summed E-state index contributed by atoms with van der Waals surface area (Å²) in [6, 6.07) is 16.9. The molecular weight excluding hydrogens is 348 g/mol. The van der Waals surface area contributed by atoms with E-state index < -0.39 is 0 Å². The lowest BCUT2D eigenvalue weighted by atomic mass is 9.81. The largest absolute Gasteiger partial charge is 0.465 e. The first-order valence-electron chi connectivity index (χ1n) is 10.1. The van der Waals surface area contributed by atoms with Crippen molar-refractivity contribution in [2.45, 2.75) is 32.6 Å². The van der Waals surface area contributed by atoms with Crippen molar-refractivity contribution < 1.29 is 9.53 Å². The molecule has 4 heteroatoms. The van der Waals surface area contributed by atoms with E-state index in [-0.39, 0.29) is 17.8 Å². The fourth-order valence-electron chi connectivity index (χ4n) is 3.31. The van der Waals surface area contributed by atoms with Gasteiger partial charge in [-0.1, -0.05) is 44.5 Å². The van der Waals surface area contributed by atoms with Gasteiger partial charge in [0.25, 0.3) is 0 Å². The van der Waals surface area contributed by atoms with Crippen LogP contribution in [0.25, 0.3) is 0 Å². The van der Waals surface area contributed by atoms with E-state index in [4.69, 9.17) is 4.74 Å². The highest BCUT2D eigenvalue weighted by Crippen LogP contribution is 2.34. The molecule has 2 aromatic carbocycles. The number of nitrogens with zero attached hydrogens (tertiary/aromatic N) is 2. The van der Waals surface area contributed by atoms with Crippen molar-refractivity contribution in [3.63, 3.8) is 0 Å². The van der Waals surface area contributed by atoms with Crippen molar-refractivity contribution in [2.75, 3.05) is 44.6 Å². The topological polar surface area (TPSA) is 32.8 Å². The monoisotopic (exact) mass is 382 g/mol. The molecule has 0 fully saturated rings. The van der Waals surface area contributed by atoms with E-state index in [1.54, 1.807) is 0 Å². The predicted molar refractivity (Wildman–Crippen MR) is 118 cm³/mol. The molecule has 2 rings (SSSR count). The van der Waals surface area contributed by atoms with E-state index in [0.717, 1.165) is 35.3 Å². The number of hydrogen-bond donors (Lipinski definition) is 0. The highest BCUT2D eigenvalue weighted by molar-refractivity contribution is 5.74. The molecule has 0 bridgehead atoms. The summed E-state index contributed by atoms with van der Waals surface area (Å²) >= 11 is 0. The standard InChI is InChI=1S/C24H34N2O2/c1-7-8-17-28-24(27)18(2)23(19-9-13-21(14-10-19)25(3)4)20-11-15-22(16-12-20)26(5)6/h9-16,18,23H,7-8,17H2,1-6H3. The van der Waals surface area contributed by atoms with E-state index in [0.29, 0.717) is 6.61 Å². The third-order valence-corrected chi connectivity index (χ3v) is 5.15. The van der Waals surface area contributed by atoms with Crippen LogP contribution in [0, 0.1) is 5.92 Å². The van der Waals surface area contributed by atoms with E-state index in [2.05, 4.69) is 65.3 Å². The molecule has 0 saturated heterocycles. The van der Waals surface area contributed by atoms with Crippen molar-refractivity contribution in [3.8, 4) is 0 Å². The maximum Gasteiger partial charge on any atom is 0.309 e. The van der Waals surface area contributed by atoms with E-state index in [1.807, 2.05) is 35.1 Å². The molecule has 1 unspecified atom stereocenters. The minimum Gasteiger partial charge on any atom is -0.465 e. The van der Waals surface area contributed by atoms with Crippen LogP contribution in [0.2, 0.25) is 0 Å². The van der Waals surface area contributed by atoms with Crippen LogP contribution >= 0.6 is 0 Å². The lowest BCUT2D eigenvalue weighted by Gasteiger charge is -2.25. The number of rotatable bonds is 9. The lowest BCUT2D eigenvalue weighted by molar-refractivity contribution is -0.148. The van der Waals surface area contributed by atoms with E-state index in [9.17, 15) is 4.79 Å². The molecule has 0 aliphatic heterocycles. The molecule has 0 aromatic heterocycles. The Kier molecular flexibility index (Phi) is 7.91. The fraction of sp³-hybridized carbons (Fsp3) is 0.458. The quantitative estimate of drug-likeness (QED) is 0.455. The molecule has 0 amide bonds. The molecule has 0 spiro atoms. The third-order valence-electron chi connectivity index (χ3n) is 5.15. The zero-order valence-electron chi connectivity index (χ0n) is 18.1. The Morgan fingerprint density at radius 1 is 0.857 bits per heavy atom. The van der Waals surface area contributed by atoms with Gasteiger partial charge in [-0.3, -0.25) is 4.79 Å². The third kappa shape index (κ3) is 5.51. The summed E-state index contributed by atoms with van der Waals surface area (Å²) in [7, 11) is 8.11. The molecule has 0 heterocycles. The molecule has 0 aliphatic rings. The Hall–Kier alpha value is -2.49. The Labute approximate surface area is 170 Å². The van der Waals surface area contributed by atoms with Gasteiger partial charge in [0.15, 0.2) is 0 Å². The smallest absolute Gasteiger partial charge is 0.309 e. The van der Waals surface area contributed by atoms with Crippen molar-refractivity contribution in [3.05, 3.63) is 59.7 Å². The van der Waals surface area contributed by atoms with Crippen molar-refractivity contribution >= 4 is 17.3 Å². The Balaban J connectivity index is 2.35. The molecule has 2 aromatic rings. The second-order valence-electron chi connectivity index (χ2n) is 7.76. The second-order valence-corrected chi connectivity index (χ2v) is 7.76. The molecule has 0 N–H and O–H groups in total. The maximum atomic E-state index is 12.7. The van der Waals surface area contributed by atoms with E-state index >= 15 is 0 Å². The fourth-order valence-corrected chi connectivity index (χ4v) is 3.31. The molecular formula is C24H34N2O2. The number of carbonyl (C=O) groups is 1. The summed E-state index contributed by atoms with van der Waals surface area (Å²) in [5.41, 5.74) is 4.54. The molecule has 152 valence electrons. The predicted octanol–water partition coefficient (Wildman–Crippen LogP) is 4.93. The number of esters is 1. The average molecular weight is 383 g/mol. The van der Waals surface area contributed by atoms with Gasteiger partial charge in [0.2, 0.25) is 0 Å². The zero-order valence-corrected chi connectivity index (χ0v) is 18.1. The molecule has 4 nitrogen and oxygen atoms in total. The minimum atomic E-state index is -0.257. The van der Waals surface area contributed by atoms with Crippen LogP contribution in [0.5, 0.6) is 0 Å². The van der Waals surface area contributed by atoms with Crippen molar-refractivity contribution in [1.29, 1.82) is 0 Å². The van der Waals surface area contributed by atoms with Crippen molar-refractivity contribution in [2.24, 2.45) is 5.92 Å². The summed E-state index contributed by atoms with van der Waals surface area (Å²) in [6.45, 7) is 4.56. The van der Waals surface area contributed by atoms with Crippen LogP contribution in [-0.4, -0.2) is 40.8 Å². The van der Waals surface area contributed by atoms with Gasteiger partial charge < -0.3 is 14.5 Å². The van der Waals surface area contributed by atoms with Gasteiger partial charge in [0.05, 0.1) is 12.5 Å². The number of benzene rings is 2. The summed E-state index contributed by atoms with van der Waals surface area (Å²) < 4.78 is 5.54. The van der Waals surface area contributed by atoms with Gasteiger partial charge in [-0.25, -0.2) is 0 Å². The summed E-state index contributed by atoms with van der Waals surface area (Å²) in [5, 5.41) is 0. The van der Waals surface area contributed by atoms with Gasteiger partial charge in [-0.05, 0) is 41.8 Å². The molecule has 0 radical (unpaired) electrons. The van der Waals surface area contributed by atoms with Crippen molar-refractivity contribution in [1.82, 2.24) is 0 Å². The van der Waals surface area contributed by atoms with Crippen LogP contribution < -0.4 is 9.80 Å². The van der Waals surface area contributed by atoms with Crippen LogP contribution in [0.15, 0.2) is 48.5 Å². The summed E-state index contributed by atoms with van der Waals surface area (Å²) in [4.78, 5) is 16.9. The second kappa shape index (κ2) is 10.2. The first-order valence-corrected chi connectivity index (χ1v) is 10.1. The van der Waals surface area contributed by atoms with Gasteiger partial charge in [0.1, 0.15) is 0 Å². The maximum absolute atomic E-state index is 12.7. The molecule has 28 heavy (non-hydrogen) atoms. The number of ether oxygens (including phenoxy) is 1. The van der Waals surface area contributed by atoms with E-state index in [1.165, 1.54) is 0 Å². The summed E-state index contributed by atoms with van der Waals surface area (Å²) in [5.74, 6) is -0.430. The number of hydrogen-bond acceptors (Lipinski definition) is 4. The summed E-state index contributed by atoms with van der Waals surface area (Å²) in [6.07, 6.45) is 1.92.